The third-order valence-corrected chi connectivity index (χ3v) is 5.83. The number of hydrogen-bond donors (Lipinski definition) is 1. The van der Waals surface area contributed by atoms with Crippen LogP contribution in [0.3, 0.4) is 0 Å². The highest BCUT2D eigenvalue weighted by atomic mass is 32.2. The third kappa shape index (κ3) is 5.10. The van der Waals surface area contributed by atoms with Gasteiger partial charge in [0.25, 0.3) is 5.91 Å². The molecule has 0 saturated heterocycles. The predicted octanol–water partition coefficient (Wildman–Crippen LogP) is 3.56. The van der Waals surface area contributed by atoms with E-state index in [-0.39, 0.29) is 18.6 Å². The van der Waals surface area contributed by atoms with Gasteiger partial charge in [0, 0.05) is 18.2 Å². The lowest BCUT2D eigenvalue weighted by atomic mass is 9.94. The molecule has 3 rings (SSSR count). The van der Waals surface area contributed by atoms with Crippen LogP contribution in [0.15, 0.2) is 29.7 Å². The van der Waals surface area contributed by atoms with Gasteiger partial charge in [-0.25, -0.2) is 8.42 Å². The molecule has 0 aliphatic heterocycles. The summed E-state index contributed by atoms with van der Waals surface area (Å²) in [6.07, 6.45) is 10.9. The Morgan fingerprint density at radius 1 is 1.19 bits per heavy atom. The summed E-state index contributed by atoms with van der Waals surface area (Å²) < 4.78 is 28.3. The Hall–Kier alpha value is -1.82. The molecule has 0 heterocycles. The molecule has 26 heavy (non-hydrogen) atoms. The summed E-state index contributed by atoms with van der Waals surface area (Å²) in [4.78, 5) is 12.5. The lowest BCUT2D eigenvalue weighted by Crippen LogP contribution is -2.28. The normalized spacial score (nSPS) is 18.8. The summed E-state index contributed by atoms with van der Waals surface area (Å²) in [6, 6.07) is 5.91. The Balaban J connectivity index is 1.73. The highest BCUT2D eigenvalue weighted by Gasteiger charge is 2.24. The molecule has 2 aliphatic carbocycles. The monoisotopic (exact) mass is 377 g/mol. The highest BCUT2D eigenvalue weighted by molar-refractivity contribution is 7.93. The highest BCUT2D eigenvalue weighted by Crippen LogP contribution is 2.37. The molecule has 2 saturated carbocycles. The topological polar surface area (TPSA) is 72.5 Å². The van der Waals surface area contributed by atoms with Gasteiger partial charge in [-0.1, -0.05) is 25.0 Å². The van der Waals surface area contributed by atoms with Gasteiger partial charge in [-0.2, -0.15) is 0 Å². The van der Waals surface area contributed by atoms with Crippen LogP contribution in [-0.2, 0) is 9.84 Å². The van der Waals surface area contributed by atoms with E-state index in [4.69, 9.17) is 4.74 Å². The fourth-order valence-corrected chi connectivity index (χ4v) is 3.92. The number of carbonyl (C=O) groups excluding carboxylic acids is 1. The maximum absolute atomic E-state index is 12.5. The van der Waals surface area contributed by atoms with Gasteiger partial charge >= 0.3 is 0 Å². The number of rotatable bonds is 7. The van der Waals surface area contributed by atoms with Gasteiger partial charge in [0.2, 0.25) is 0 Å². The van der Waals surface area contributed by atoms with E-state index in [9.17, 15) is 13.2 Å². The van der Waals surface area contributed by atoms with Crippen molar-refractivity contribution < 1.29 is 17.9 Å². The minimum atomic E-state index is -3.18. The SMILES string of the molecule is CS(=O)(=O)/C=C/CNC(=O)c1ccc(C2CCCC2)cc1OC1CCC1. The van der Waals surface area contributed by atoms with Gasteiger partial charge in [0.05, 0.1) is 11.7 Å². The van der Waals surface area contributed by atoms with Gasteiger partial charge in [0.15, 0.2) is 9.84 Å². The van der Waals surface area contributed by atoms with Crippen LogP contribution in [-0.4, -0.2) is 33.2 Å². The second kappa shape index (κ2) is 8.25. The van der Waals surface area contributed by atoms with Crippen LogP contribution < -0.4 is 10.1 Å². The van der Waals surface area contributed by atoms with Crippen LogP contribution in [0.25, 0.3) is 0 Å². The Bertz CT molecular complexity index is 775. The summed E-state index contributed by atoms with van der Waals surface area (Å²) in [5.41, 5.74) is 1.77. The molecule has 0 aromatic heterocycles. The molecular weight excluding hydrogens is 350 g/mol. The van der Waals surface area contributed by atoms with Crippen molar-refractivity contribution in [2.75, 3.05) is 12.8 Å². The molecule has 6 heteroatoms. The first-order chi connectivity index (χ1) is 12.4. The van der Waals surface area contributed by atoms with Gasteiger partial charge in [-0.3, -0.25) is 4.79 Å². The van der Waals surface area contributed by atoms with E-state index in [1.165, 1.54) is 43.7 Å². The second-order valence-electron chi connectivity index (χ2n) is 7.32. The first-order valence-corrected chi connectivity index (χ1v) is 11.3. The molecule has 0 bridgehead atoms. The zero-order chi connectivity index (χ0) is 18.6. The van der Waals surface area contributed by atoms with Crippen LogP contribution in [0.1, 0.15) is 66.8 Å². The fraction of sp³-hybridized carbons (Fsp3) is 0.550. The van der Waals surface area contributed by atoms with E-state index in [2.05, 4.69) is 5.32 Å². The van der Waals surface area contributed by atoms with E-state index >= 15 is 0 Å². The molecule has 142 valence electrons. The van der Waals surface area contributed by atoms with Crippen molar-refractivity contribution in [3.63, 3.8) is 0 Å². The molecule has 0 spiro atoms. The summed E-state index contributed by atoms with van der Waals surface area (Å²) >= 11 is 0. The standard InChI is InChI=1S/C20H27NO4S/c1-26(23,24)13-5-12-21-20(22)18-11-10-16(15-6-2-3-7-15)14-19(18)25-17-8-4-9-17/h5,10-11,13-15,17H,2-4,6-9,12H2,1H3,(H,21,22)/b13-5+. The van der Waals surface area contributed by atoms with E-state index < -0.39 is 9.84 Å². The van der Waals surface area contributed by atoms with Crippen LogP contribution in [0.4, 0.5) is 0 Å². The molecular formula is C20H27NO4S. The number of carbonyl (C=O) groups is 1. The first kappa shape index (κ1) is 19.0. The predicted molar refractivity (Wildman–Crippen MR) is 102 cm³/mol. The quantitative estimate of drug-likeness (QED) is 0.788. The molecule has 1 aromatic rings. The number of amides is 1. The summed E-state index contributed by atoms with van der Waals surface area (Å²) in [6.45, 7) is 0.166. The summed E-state index contributed by atoms with van der Waals surface area (Å²) in [7, 11) is -3.18. The second-order valence-corrected chi connectivity index (χ2v) is 9.25. The molecule has 0 unspecified atom stereocenters. The summed E-state index contributed by atoms with van der Waals surface area (Å²) in [5.74, 6) is 0.979. The molecule has 1 aromatic carbocycles. The maximum atomic E-state index is 12.5. The first-order valence-electron chi connectivity index (χ1n) is 9.38. The van der Waals surface area contributed by atoms with E-state index in [1.54, 1.807) is 0 Å². The van der Waals surface area contributed by atoms with Crippen molar-refractivity contribution in [1.82, 2.24) is 5.32 Å². The molecule has 2 aliphatic rings. The number of sulfone groups is 1. The molecule has 1 N–H and O–H groups in total. The minimum absolute atomic E-state index is 0.166. The molecule has 1 amide bonds. The van der Waals surface area contributed by atoms with Gasteiger partial charge in [-0.15, -0.1) is 0 Å². The van der Waals surface area contributed by atoms with Crippen LogP contribution >= 0.6 is 0 Å². The third-order valence-electron chi connectivity index (χ3n) is 5.15. The van der Waals surface area contributed by atoms with E-state index in [1.807, 2.05) is 18.2 Å². The number of benzene rings is 1. The van der Waals surface area contributed by atoms with Gasteiger partial charge < -0.3 is 10.1 Å². The average Bonchev–Trinajstić information content (AvgIpc) is 3.08. The van der Waals surface area contributed by atoms with Crippen molar-refractivity contribution in [3.05, 3.63) is 40.8 Å². The zero-order valence-electron chi connectivity index (χ0n) is 15.2. The molecule has 0 atom stereocenters. The van der Waals surface area contributed by atoms with Gasteiger partial charge in [-0.05, 0) is 55.7 Å². The largest absolute Gasteiger partial charge is 0.490 e. The van der Waals surface area contributed by atoms with Crippen molar-refractivity contribution in [1.29, 1.82) is 0 Å². The lowest BCUT2D eigenvalue weighted by Gasteiger charge is -2.28. The Kier molecular flexibility index (Phi) is 6.01. The van der Waals surface area contributed by atoms with Crippen LogP contribution in [0, 0.1) is 0 Å². The smallest absolute Gasteiger partial charge is 0.255 e. The number of nitrogens with one attached hydrogen (secondary N) is 1. The van der Waals surface area contributed by atoms with Crippen molar-refractivity contribution in [3.8, 4) is 5.75 Å². The Morgan fingerprint density at radius 2 is 1.92 bits per heavy atom. The zero-order valence-corrected chi connectivity index (χ0v) is 16.1. The van der Waals surface area contributed by atoms with Crippen molar-refractivity contribution >= 4 is 15.7 Å². The molecule has 5 nitrogen and oxygen atoms in total. The lowest BCUT2D eigenvalue weighted by molar-refractivity contribution is 0.0932. The molecule has 2 fully saturated rings. The van der Waals surface area contributed by atoms with E-state index in [0.29, 0.717) is 17.2 Å². The van der Waals surface area contributed by atoms with Crippen LogP contribution in [0.5, 0.6) is 5.75 Å². The Labute approximate surface area is 155 Å². The van der Waals surface area contributed by atoms with Gasteiger partial charge in [0.1, 0.15) is 5.75 Å². The maximum Gasteiger partial charge on any atom is 0.255 e. The average molecular weight is 378 g/mol. The fourth-order valence-electron chi connectivity index (χ4n) is 3.48. The number of ether oxygens (including phenoxy) is 1. The van der Waals surface area contributed by atoms with Crippen molar-refractivity contribution in [2.45, 2.75) is 57.0 Å². The minimum Gasteiger partial charge on any atom is -0.490 e. The Morgan fingerprint density at radius 3 is 2.54 bits per heavy atom. The van der Waals surface area contributed by atoms with Crippen LogP contribution in [0.2, 0.25) is 0 Å². The van der Waals surface area contributed by atoms with E-state index in [0.717, 1.165) is 24.5 Å². The number of hydrogen-bond acceptors (Lipinski definition) is 4. The van der Waals surface area contributed by atoms with Crippen molar-refractivity contribution in [2.24, 2.45) is 0 Å². The summed E-state index contributed by atoms with van der Waals surface area (Å²) in [5, 5.41) is 3.84. The molecule has 0 radical (unpaired) electrons.